The van der Waals surface area contributed by atoms with Gasteiger partial charge in [0.15, 0.2) is 0 Å². The minimum absolute atomic E-state index is 0.116. The van der Waals surface area contributed by atoms with E-state index in [0.717, 1.165) is 0 Å². The number of hydrogen-bond donors (Lipinski definition) is 1. The highest BCUT2D eigenvalue weighted by Gasteiger charge is 2.12. The third kappa shape index (κ3) is 3.96. The van der Waals surface area contributed by atoms with Gasteiger partial charge in [0.2, 0.25) is 0 Å². The van der Waals surface area contributed by atoms with Crippen molar-refractivity contribution in [2.75, 3.05) is 6.54 Å². The Morgan fingerprint density at radius 1 is 1.50 bits per heavy atom. The summed E-state index contributed by atoms with van der Waals surface area (Å²) in [6.07, 6.45) is 0. The van der Waals surface area contributed by atoms with Crippen molar-refractivity contribution in [1.29, 1.82) is 0 Å². The van der Waals surface area contributed by atoms with Crippen LogP contribution >= 0.6 is 23.2 Å². The van der Waals surface area contributed by atoms with Crippen molar-refractivity contribution in [3.8, 4) is 0 Å². The molecule has 1 rings (SSSR count). The fraction of sp³-hybridized carbons (Fsp3) is 0.400. The lowest BCUT2D eigenvalue weighted by Gasteiger charge is -2.09. The zero-order valence-corrected chi connectivity index (χ0v) is 10.3. The highest BCUT2D eigenvalue weighted by molar-refractivity contribution is 6.32. The Morgan fingerprint density at radius 2 is 2.06 bits per heavy atom. The van der Waals surface area contributed by atoms with Gasteiger partial charge < -0.3 is 10.5 Å². The molecule has 88 valence electrons. The van der Waals surface area contributed by atoms with Crippen molar-refractivity contribution in [3.05, 3.63) is 28.0 Å². The molecule has 0 fully saturated rings. The molecule has 6 heteroatoms. The molecular weight excluding hydrogens is 251 g/mol. The van der Waals surface area contributed by atoms with E-state index in [4.69, 9.17) is 33.7 Å². The Morgan fingerprint density at radius 3 is 2.56 bits per heavy atom. The van der Waals surface area contributed by atoms with Crippen molar-refractivity contribution in [2.24, 2.45) is 11.7 Å². The van der Waals surface area contributed by atoms with E-state index in [1.807, 2.05) is 0 Å². The Kier molecular flexibility index (Phi) is 4.99. The number of carbonyl (C=O) groups excluding carboxylic acids is 1. The quantitative estimate of drug-likeness (QED) is 0.666. The first kappa shape index (κ1) is 13.2. The number of ether oxygens (including phenoxy) is 1. The van der Waals surface area contributed by atoms with Crippen LogP contribution in [0.5, 0.6) is 0 Å². The molecule has 1 atom stereocenters. The average Bonchev–Trinajstić information content (AvgIpc) is 2.23. The van der Waals surface area contributed by atoms with E-state index >= 15 is 0 Å². The van der Waals surface area contributed by atoms with Crippen LogP contribution in [0, 0.1) is 5.92 Å². The summed E-state index contributed by atoms with van der Waals surface area (Å²) in [5.41, 5.74) is 6.03. The van der Waals surface area contributed by atoms with Crippen molar-refractivity contribution in [2.45, 2.75) is 13.5 Å². The van der Waals surface area contributed by atoms with Crippen LogP contribution in [0.2, 0.25) is 10.3 Å². The second-order valence-electron chi connectivity index (χ2n) is 3.37. The van der Waals surface area contributed by atoms with Gasteiger partial charge in [-0.1, -0.05) is 30.1 Å². The number of pyridine rings is 1. The number of aromatic nitrogens is 1. The lowest BCUT2D eigenvalue weighted by Crippen LogP contribution is -2.22. The standard InChI is InChI=1S/C10H12Cl2N2O2/c1-6(4-13)10(15)16-5-7-2-8(11)14-9(12)3-7/h2-3,6H,4-5,13H2,1H3/t6-/m0/s1. The molecular formula is C10H12Cl2N2O2. The summed E-state index contributed by atoms with van der Waals surface area (Å²) in [6, 6.07) is 3.18. The molecule has 0 bridgehead atoms. The number of nitrogens with two attached hydrogens (primary N) is 1. The van der Waals surface area contributed by atoms with Crippen LogP contribution in [0.25, 0.3) is 0 Å². The summed E-state index contributed by atoms with van der Waals surface area (Å²) in [5.74, 6) is -0.653. The molecule has 1 heterocycles. The van der Waals surface area contributed by atoms with Crippen LogP contribution in [0.15, 0.2) is 12.1 Å². The number of rotatable bonds is 4. The predicted octanol–water partition coefficient (Wildman–Crippen LogP) is 2.03. The van der Waals surface area contributed by atoms with Crippen LogP contribution < -0.4 is 5.73 Å². The van der Waals surface area contributed by atoms with Gasteiger partial charge in [-0.3, -0.25) is 4.79 Å². The van der Waals surface area contributed by atoms with E-state index in [1.54, 1.807) is 19.1 Å². The van der Waals surface area contributed by atoms with E-state index in [-0.39, 0.29) is 35.3 Å². The summed E-state index contributed by atoms with van der Waals surface area (Å²) in [5, 5.41) is 0.538. The molecule has 0 saturated heterocycles. The molecule has 0 saturated carbocycles. The van der Waals surface area contributed by atoms with Gasteiger partial charge in [-0.25, -0.2) is 4.98 Å². The van der Waals surface area contributed by atoms with Crippen molar-refractivity contribution in [1.82, 2.24) is 4.98 Å². The molecule has 2 N–H and O–H groups in total. The average molecular weight is 263 g/mol. The third-order valence-corrected chi connectivity index (χ3v) is 2.35. The summed E-state index contributed by atoms with van der Waals surface area (Å²) in [6.45, 7) is 2.08. The molecule has 0 radical (unpaired) electrons. The summed E-state index contributed by atoms with van der Waals surface area (Å²) < 4.78 is 5.03. The molecule has 0 spiro atoms. The fourth-order valence-electron chi connectivity index (χ4n) is 0.990. The van der Waals surface area contributed by atoms with Crippen molar-refractivity contribution < 1.29 is 9.53 Å². The van der Waals surface area contributed by atoms with E-state index in [2.05, 4.69) is 4.98 Å². The van der Waals surface area contributed by atoms with Crippen LogP contribution in [0.4, 0.5) is 0 Å². The first-order chi connectivity index (χ1) is 7.52. The largest absolute Gasteiger partial charge is 0.461 e. The number of esters is 1. The Balaban J connectivity index is 2.58. The van der Waals surface area contributed by atoms with Gasteiger partial charge in [-0.05, 0) is 17.7 Å². The highest BCUT2D eigenvalue weighted by Crippen LogP contribution is 2.15. The number of hydrogen-bond acceptors (Lipinski definition) is 4. The lowest BCUT2D eigenvalue weighted by atomic mass is 10.2. The Bertz CT molecular complexity index is 365. The normalized spacial score (nSPS) is 12.2. The molecule has 0 unspecified atom stereocenters. The molecule has 0 aliphatic heterocycles. The SMILES string of the molecule is C[C@@H](CN)C(=O)OCc1cc(Cl)nc(Cl)c1. The monoisotopic (exact) mass is 262 g/mol. The van der Waals surface area contributed by atoms with Crippen molar-refractivity contribution >= 4 is 29.2 Å². The summed E-state index contributed by atoms with van der Waals surface area (Å²) in [7, 11) is 0. The minimum atomic E-state index is -0.341. The van der Waals surface area contributed by atoms with Gasteiger partial charge in [-0.15, -0.1) is 0 Å². The fourth-order valence-corrected chi connectivity index (χ4v) is 1.50. The molecule has 0 aliphatic rings. The van der Waals surface area contributed by atoms with Crippen LogP contribution in [-0.4, -0.2) is 17.5 Å². The highest BCUT2D eigenvalue weighted by atomic mass is 35.5. The second kappa shape index (κ2) is 6.03. The molecule has 0 amide bonds. The topological polar surface area (TPSA) is 65.2 Å². The van der Waals surface area contributed by atoms with Gasteiger partial charge in [-0.2, -0.15) is 0 Å². The summed E-state index contributed by atoms with van der Waals surface area (Å²) in [4.78, 5) is 15.1. The maximum absolute atomic E-state index is 11.3. The number of nitrogens with zero attached hydrogens (tertiary/aromatic N) is 1. The van der Waals surface area contributed by atoms with Crippen molar-refractivity contribution in [3.63, 3.8) is 0 Å². The van der Waals surface area contributed by atoms with Crippen LogP contribution in [0.1, 0.15) is 12.5 Å². The maximum Gasteiger partial charge on any atom is 0.310 e. The zero-order chi connectivity index (χ0) is 12.1. The van der Waals surface area contributed by atoms with Gasteiger partial charge in [0.1, 0.15) is 16.9 Å². The summed E-state index contributed by atoms with van der Waals surface area (Å²) >= 11 is 11.4. The molecule has 1 aromatic rings. The number of halogens is 2. The van der Waals surface area contributed by atoms with E-state index in [9.17, 15) is 4.79 Å². The Hall–Kier alpha value is -0.840. The molecule has 16 heavy (non-hydrogen) atoms. The van der Waals surface area contributed by atoms with E-state index < -0.39 is 0 Å². The first-order valence-electron chi connectivity index (χ1n) is 4.71. The van der Waals surface area contributed by atoms with E-state index in [0.29, 0.717) is 5.56 Å². The first-order valence-corrected chi connectivity index (χ1v) is 5.47. The smallest absolute Gasteiger partial charge is 0.310 e. The predicted molar refractivity (Wildman–Crippen MR) is 62.3 cm³/mol. The van der Waals surface area contributed by atoms with Crippen LogP contribution in [0.3, 0.4) is 0 Å². The van der Waals surface area contributed by atoms with Gasteiger partial charge >= 0.3 is 5.97 Å². The number of carbonyl (C=O) groups is 1. The molecule has 4 nitrogen and oxygen atoms in total. The third-order valence-electron chi connectivity index (χ3n) is 1.96. The molecule has 0 aromatic carbocycles. The second-order valence-corrected chi connectivity index (χ2v) is 4.14. The van der Waals surface area contributed by atoms with E-state index in [1.165, 1.54) is 0 Å². The Labute approximate surface area is 104 Å². The maximum atomic E-state index is 11.3. The minimum Gasteiger partial charge on any atom is -0.461 e. The lowest BCUT2D eigenvalue weighted by molar-refractivity contribution is -0.148. The van der Waals surface area contributed by atoms with Crippen LogP contribution in [-0.2, 0) is 16.1 Å². The molecule has 0 aliphatic carbocycles. The van der Waals surface area contributed by atoms with Gasteiger partial charge in [0.25, 0.3) is 0 Å². The zero-order valence-electron chi connectivity index (χ0n) is 8.74. The van der Waals surface area contributed by atoms with Gasteiger partial charge in [0, 0.05) is 6.54 Å². The van der Waals surface area contributed by atoms with Gasteiger partial charge in [0.05, 0.1) is 5.92 Å². The molecule has 1 aromatic heterocycles.